The molecule has 0 amide bonds. The number of nitrogens with one attached hydrogen (secondary N) is 1. The van der Waals surface area contributed by atoms with Crippen molar-refractivity contribution in [2.24, 2.45) is 0 Å². The number of benzene rings is 1. The first-order valence-electron chi connectivity index (χ1n) is 5.14. The van der Waals surface area contributed by atoms with Gasteiger partial charge in [-0.3, -0.25) is 0 Å². The average molecular weight is 278 g/mol. The number of rotatable bonds is 6. The fourth-order valence-corrected chi connectivity index (χ4v) is 3.18. The Morgan fingerprint density at radius 2 is 2.06 bits per heavy atom. The Labute approximate surface area is 107 Å². The van der Waals surface area contributed by atoms with Gasteiger partial charge in [0, 0.05) is 13.0 Å². The van der Waals surface area contributed by atoms with E-state index < -0.39 is 16.1 Å². The van der Waals surface area contributed by atoms with Crippen LogP contribution < -0.4 is 4.72 Å². The molecule has 1 atom stereocenters. The van der Waals surface area contributed by atoms with E-state index in [4.69, 9.17) is 16.3 Å². The smallest absolute Gasteiger partial charge is 0.241 e. The van der Waals surface area contributed by atoms with Gasteiger partial charge < -0.3 is 4.74 Å². The number of sulfonamides is 1. The van der Waals surface area contributed by atoms with Gasteiger partial charge in [-0.2, -0.15) is 0 Å². The third-order valence-electron chi connectivity index (χ3n) is 2.26. The highest BCUT2D eigenvalue weighted by molar-refractivity contribution is 7.89. The molecule has 0 aliphatic heterocycles. The number of halogens is 1. The summed E-state index contributed by atoms with van der Waals surface area (Å²) in [6.07, 6.45) is 0. The van der Waals surface area contributed by atoms with Crippen molar-refractivity contribution >= 4 is 21.6 Å². The summed E-state index contributed by atoms with van der Waals surface area (Å²) in [5, 5.41) is 0. The Hall–Kier alpha value is -0.620. The lowest BCUT2D eigenvalue weighted by atomic mass is 10.2. The van der Waals surface area contributed by atoms with Crippen molar-refractivity contribution in [2.45, 2.75) is 17.9 Å². The van der Waals surface area contributed by atoms with Gasteiger partial charge in [0.2, 0.25) is 10.0 Å². The minimum absolute atomic E-state index is 0.166. The van der Waals surface area contributed by atoms with Crippen molar-refractivity contribution in [1.29, 1.82) is 0 Å². The van der Waals surface area contributed by atoms with Crippen LogP contribution in [0, 0.1) is 6.92 Å². The van der Waals surface area contributed by atoms with E-state index in [0.29, 0.717) is 5.56 Å². The van der Waals surface area contributed by atoms with Gasteiger partial charge in [-0.05, 0) is 18.6 Å². The second-order valence-electron chi connectivity index (χ2n) is 3.69. The average Bonchev–Trinajstić information content (AvgIpc) is 2.28. The van der Waals surface area contributed by atoms with Gasteiger partial charge in [-0.15, -0.1) is 11.6 Å². The monoisotopic (exact) mass is 277 g/mol. The maximum atomic E-state index is 12.1. The van der Waals surface area contributed by atoms with Gasteiger partial charge in [0.1, 0.15) is 0 Å². The standard InChI is InChI=1S/C11H16ClNO3S/c1-9-5-3-4-6-11(9)17(14,15)13-10(7-12)8-16-2/h3-6,10,13H,7-8H2,1-2H3. The molecule has 1 unspecified atom stereocenters. The molecule has 0 fully saturated rings. The third-order valence-corrected chi connectivity index (χ3v) is 4.31. The topological polar surface area (TPSA) is 55.4 Å². The molecule has 0 radical (unpaired) electrons. The maximum Gasteiger partial charge on any atom is 0.241 e. The molecule has 0 saturated heterocycles. The van der Waals surface area contributed by atoms with Crippen LogP contribution in [-0.2, 0) is 14.8 Å². The lowest BCUT2D eigenvalue weighted by Gasteiger charge is -2.16. The van der Waals surface area contributed by atoms with Gasteiger partial charge in [-0.1, -0.05) is 18.2 Å². The summed E-state index contributed by atoms with van der Waals surface area (Å²) in [5.74, 6) is 0.166. The molecule has 0 aliphatic rings. The first-order chi connectivity index (χ1) is 8.01. The zero-order chi connectivity index (χ0) is 12.9. The fourth-order valence-electron chi connectivity index (χ4n) is 1.45. The highest BCUT2D eigenvalue weighted by Gasteiger charge is 2.20. The molecule has 96 valence electrons. The first kappa shape index (κ1) is 14.4. The molecule has 1 aromatic rings. The molecule has 4 nitrogen and oxygen atoms in total. The molecule has 1 aromatic carbocycles. The minimum Gasteiger partial charge on any atom is -0.383 e. The van der Waals surface area contributed by atoms with E-state index in [9.17, 15) is 8.42 Å². The van der Waals surface area contributed by atoms with E-state index >= 15 is 0 Å². The predicted molar refractivity (Wildman–Crippen MR) is 67.9 cm³/mol. The summed E-state index contributed by atoms with van der Waals surface area (Å²) in [6, 6.07) is 6.37. The lowest BCUT2D eigenvalue weighted by Crippen LogP contribution is -2.39. The van der Waals surface area contributed by atoms with Crippen LogP contribution >= 0.6 is 11.6 Å². The number of hydrogen-bond acceptors (Lipinski definition) is 3. The van der Waals surface area contributed by atoms with Crippen LogP contribution in [0.25, 0.3) is 0 Å². The normalized spacial score (nSPS) is 13.6. The number of ether oxygens (including phenoxy) is 1. The van der Waals surface area contributed by atoms with Crippen molar-refractivity contribution in [3.63, 3.8) is 0 Å². The Kier molecular flexibility index (Phi) is 5.39. The van der Waals surface area contributed by atoms with E-state index in [1.54, 1.807) is 31.2 Å². The van der Waals surface area contributed by atoms with Crippen LogP contribution in [-0.4, -0.2) is 34.1 Å². The van der Waals surface area contributed by atoms with Gasteiger partial charge in [0.05, 0.1) is 17.5 Å². The van der Waals surface area contributed by atoms with E-state index in [2.05, 4.69) is 4.72 Å². The summed E-state index contributed by atoms with van der Waals surface area (Å²) in [4.78, 5) is 0.270. The van der Waals surface area contributed by atoms with Crippen LogP contribution in [0.4, 0.5) is 0 Å². The SMILES string of the molecule is COCC(CCl)NS(=O)(=O)c1ccccc1C. The van der Waals surface area contributed by atoms with Crippen LogP contribution in [0.2, 0.25) is 0 Å². The van der Waals surface area contributed by atoms with E-state index in [0.717, 1.165) is 0 Å². The molecule has 0 aliphatic carbocycles. The summed E-state index contributed by atoms with van der Waals surface area (Å²) in [6.45, 7) is 2.00. The molecule has 0 aromatic heterocycles. The Bertz CT molecular complexity index is 462. The summed E-state index contributed by atoms with van der Waals surface area (Å²) < 4.78 is 31.6. The molecule has 0 saturated carbocycles. The third kappa shape index (κ3) is 3.96. The van der Waals surface area contributed by atoms with Crippen molar-refractivity contribution < 1.29 is 13.2 Å². The van der Waals surface area contributed by atoms with Gasteiger partial charge in [0.25, 0.3) is 0 Å². The van der Waals surface area contributed by atoms with Crippen LogP contribution in [0.1, 0.15) is 5.56 Å². The molecule has 0 bridgehead atoms. The van der Waals surface area contributed by atoms with Crippen molar-refractivity contribution in [3.8, 4) is 0 Å². The van der Waals surface area contributed by atoms with Crippen molar-refractivity contribution in [3.05, 3.63) is 29.8 Å². The zero-order valence-corrected chi connectivity index (χ0v) is 11.4. The highest BCUT2D eigenvalue weighted by atomic mass is 35.5. The Morgan fingerprint density at radius 3 is 2.59 bits per heavy atom. The molecule has 17 heavy (non-hydrogen) atoms. The maximum absolute atomic E-state index is 12.1. The highest BCUT2D eigenvalue weighted by Crippen LogP contribution is 2.14. The van der Waals surface area contributed by atoms with Crippen LogP contribution in [0.5, 0.6) is 0 Å². The predicted octanol–water partition coefficient (Wildman–Crippen LogP) is 1.53. The van der Waals surface area contributed by atoms with Crippen LogP contribution in [0.15, 0.2) is 29.2 Å². The Morgan fingerprint density at radius 1 is 1.41 bits per heavy atom. The number of aryl methyl sites for hydroxylation is 1. The second kappa shape index (κ2) is 6.35. The van der Waals surface area contributed by atoms with Crippen molar-refractivity contribution in [1.82, 2.24) is 4.72 Å². The molecule has 6 heteroatoms. The zero-order valence-electron chi connectivity index (χ0n) is 9.81. The molecule has 1 N–H and O–H groups in total. The number of methoxy groups -OCH3 is 1. The number of alkyl halides is 1. The van der Waals surface area contributed by atoms with Gasteiger partial charge in [0.15, 0.2) is 0 Å². The summed E-state index contributed by atoms with van der Waals surface area (Å²) >= 11 is 5.67. The molecular formula is C11H16ClNO3S. The number of hydrogen-bond donors (Lipinski definition) is 1. The van der Waals surface area contributed by atoms with E-state index in [1.165, 1.54) is 7.11 Å². The lowest BCUT2D eigenvalue weighted by molar-refractivity contribution is 0.181. The molecular weight excluding hydrogens is 262 g/mol. The molecule has 0 heterocycles. The summed E-state index contributed by atoms with van der Waals surface area (Å²) in [7, 11) is -2.04. The quantitative estimate of drug-likeness (QED) is 0.803. The summed E-state index contributed by atoms with van der Waals surface area (Å²) in [5.41, 5.74) is 0.700. The second-order valence-corrected chi connectivity index (χ2v) is 5.68. The molecule has 0 spiro atoms. The van der Waals surface area contributed by atoms with Crippen molar-refractivity contribution in [2.75, 3.05) is 19.6 Å². The van der Waals surface area contributed by atoms with E-state index in [-0.39, 0.29) is 17.4 Å². The van der Waals surface area contributed by atoms with Gasteiger partial charge >= 0.3 is 0 Å². The largest absolute Gasteiger partial charge is 0.383 e. The van der Waals surface area contributed by atoms with Crippen LogP contribution in [0.3, 0.4) is 0 Å². The van der Waals surface area contributed by atoms with Gasteiger partial charge in [-0.25, -0.2) is 13.1 Å². The fraction of sp³-hybridized carbons (Fsp3) is 0.455. The molecule has 1 rings (SSSR count). The first-order valence-corrected chi connectivity index (χ1v) is 7.16. The van der Waals surface area contributed by atoms with E-state index in [1.807, 2.05) is 0 Å². The minimum atomic E-state index is -3.54. The Balaban J connectivity index is 2.92.